The van der Waals surface area contributed by atoms with Gasteiger partial charge in [-0.2, -0.15) is 4.31 Å². The summed E-state index contributed by atoms with van der Waals surface area (Å²) in [6.07, 6.45) is -0.266. The highest BCUT2D eigenvalue weighted by molar-refractivity contribution is 7.89. The van der Waals surface area contributed by atoms with Crippen LogP contribution in [0.5, 0.6) is 5.75 Å². The van der Waals surface area contributed by atoms with Crippen LogP contribution < -0.4 is 10.3 Å². The lowest BCUT2D eigenvalue weighted by Crippen LogP contribution is -2.47. The van der Waals surface area contributed by atoms with Gasteiger partial charge in [0.15, 0.2) is 5.82 Å². The van der Waals surface area contributed by atoms with Gasteiger partial charge in [0, 0.05) is 37.4 Å². The number of aromatic nitrogens is 3. The standard InChI is InChI=1S/C28H39N5O7S/c1-6-9-21-25(22(34)17-24(35)40-8-3)18(4)26-28(36)29-27(30-33(21)26)20-16-19(10-11-23(20)39-7-2)41(37,38)32-14-12-31(5)13-15-32/h10-11,16,22,34H,6-9,12-15,17H2,1-5H3,(H,29,30,36). The molecule has 1 saturated heterocycles. The number of aliphatic hydroxyl groups is 1. The van der Waals surface area contributed by atoms with Gasteiger partial charge in [-0.15, -0.1) is 5.10 Å². The Hall–Kier alpha value is -3.26. The van der Waals surface area contributed by atoms with Gasteiger partial charge in [-0.1, -0.05) is 13.3 Å². The van der Waals surface area contributed by atoms with Gasteiger partial charge < -0.3 is 24.5 Å². The third-order valence-corrected chi connectivity index (χ3v) is 9.17. The van der Waals surface area contributed by atoms with Crippen molar-refractivity contribution in [2.45, 2.75) is 58.0 Å². The number of nitrogens with one attached hydrogen (secondary N) is 1. The van der Waals surface area contributed by atoms with E-state index in [1.54, 1.807) is 19.9 Å². The van der Waals surface area contributed by atoms with E-state index in [2.05, 4.69) is 9.88 Å². The number of fused-ring (bicyclic) bond motifs is 1. The number of piperazine rings is 1. The van der Waals surface area contributed by atoms with E-state index in [4.69, 9.17) is 14.6 Å². The maximum absolute atomic E-state index is 13.5. The zero-order chi connectivity index (χ0) is 29.9. The Balaban J connectivity index is 1.87. The van der Waals surface area contributed by atoms with Crippen molar-refractivity contribution in [3.8, 4) is 17.1 Å². The molecule has 1 aliphatic rings. The predicted molar refractivity (Wildman–Crippen MR) is 154 cm³/mol. The van der Waals surface area contributed by atoms with Crippen molar-refractivity contribution in [1.82, 2.24) is 23.8 Å². The lowest BCUT2D eigenvalue weighted by molar-refractivity contribution is -0.145. The Kier molecular flexibility index (Phi) is 9.52. The van der Waals surface area contributed by atoms with Gasteiger partial charge in [0.1, 0.15) is 11.3 Å². The van der Waals surface area contributed by atoms with Gasteiger partial charge >= 0.3 is 5.97 Å². The average molecular weight is 590 g/mol. The van der Waals surface area contributed by atoms with Crippen LogP contribution in [-0.2, 0) is 26.0 Å². The van der Waals surface area contributed by atoms with Crippen LogP contribution in [0.1, 0.15) is 56.5 Å². The number of aryl methyl sites for hydroxylation is 2. The molecule has 3 heterocycles. The van der Waals surface area contributed by atoms with Crippen molar-refractivity contribution >= 4 is 21.5 Å². The molecule has 0 aliphatic carbocycles. The maximum Gasteiger partial charge on any atom is 0.308 e. The largest absolute Gasteiger partial charge is 0.493 e. The van der Waals surface area contributed by atoms with Crippen LogP contribution >= 0.6 is 0 Å². The molecule has 0 saturated carbocycles. The Morgan fingerprint density at radius 1 is 1.15 bits per heavy atom. The van der Waals surface area contributed by atoms with E-state index in [9.17, 15) is 23.1 Å². The van der Waals surface area contributed by atoms with Crippen LogP contribution in [0.25, 0.3) is 16.9 Å². The van der Waals surface area contributed by atoms with Crippen LogP contribution in [0.15, 0.2) is 27.9 Å². The van der Waals surface area contributed by atoms with Crippen molar-refractivity contribution in [2.24, 2.45) is 0 Å². The molecule has 1 atom stereocenters. The van der Waals surface area contributed by atoms with Crippen LogP contribution in [0, 0.1) is 6.92 Å². The van der Waals surface area contributed by atoms with E-state index >= 15 is 0 Å². The number of H-pyrrole nitrogens is 1. The fraction of sp³-hybridized carbons (Fsp3) is 0.536. The van der Waals surface area contributed by atoms with E-state index in [-0.39, 0.29) is 29.3 Å². The molecule has 1 aliphatic heterocycles. The Morgan fingerprint density at radius 2 is 1.85 bits per heavy atom. The number of hydrogen-bond donors (Lipinski definition) is 2. The zero-order valence-corrected chi connectivity index (χ0v) is 25.1. The quantitative estimate of drug-likeness (QED) is 0.322. The molecule has 0 spiro atoms. The summed E-state index contributed by atoms with van der Waals surface area (Å²) in [5, 5.41) is 15.7. The molecule has 4 rings (SSSR count). The molecule has 1 aromatic carbocycles. The second kappa shape index (κ2) is 12.7. The first-order chi connectivity index (χ1) is 19.5. The Labute approximate surface area is 239 Å². The summed E-state index contributed by atoms with van der Waals surface area (Å²) >= 11 is 0. The van der Waals surface area contributed by atoms with Crippen molar-refractivity contribution in [3.05, 3.63) is 45.4 Å². The number of aromatic amines is 1. The second-order valence-corrected chi connectivity index (χ2v) is 12.1. The molecule has 3 aromatic rings. The van der Waals surface area contributed by atoms with Gasteiger partial charge in [-0.05, 0) is 58.0 Å². The fourth-order valence-corrected chi connectivity index (χ4v) is 6.70. The fourth-order valence-electron chi connectivity index (χ4n) is 5.25. The first-order valence-electron chi connectivity index (χ1n) is 14.0. The third-order valence-electron chi connectivity index (χ3n) is 7.28. The summed E-state index contributed by atoms with van der Waals surface area (Å²) in [5.74, 6) is -0.0460. The number of sulfonamides is 1. The van der Waals surface area contributed by atoms with Crippen LogP contribution in [-0.4, -0.2) is 89.7 Å². The van der Waals surface area contributed by atoms with E-state index < -0.39 is 27.7 Å². The summed E-state index contributed by atoms with van der Waals surface area (Å²) < 4.78 is 40.8. The first-order valence-corrected chi connectivity index (χ1v) is 15.4. The number of nitrogens with zero attached hydrogens (tertiary/aromatic N) is 4. The molecule has 1 unspecified atom stereocenters. The number of carbonyl (C=O) groups is 1. The monoisotopic (exact) mass is 589 g/mol. The number of likely N-dealkylation sites (N-methyl/N-ethyl adjacent to an activating group) is 1. The lowest BCUT2D eigenvalue weighted by atomic mass is 10.00. The molecule has 2 aromatic heterocycles. The van der Waals surface area contributed by atoms with Gasteiger partial charge in [0.25, 0.3) is 5.56 Å². The number of esters is 1. The van der Waals surface area contributed by atoms with E-state index in [1.807, 2.05) is 20.9 Å². The minimum absolute atomic E-state index is 0.0752. The lowest BCUT2D eigenvalue weighted by Gasteiger charge is -2.31. The average Bonchev–Trinajstić information content (AvgIpc) is 3.21. The highest BCUT2D eigenvalue weighted by Crippen LogP contribution is 2.34. The molecule has 12 nitrogen and oxygen atoms in total. The van der Waals surface area contributed by atoms with E-state index in [0.29, 0.717) is 73.8 Å². The van der Waals surface area contributed by atoms with Crippen molar-refractivity contribution in [2.75, 3.05) is 46.4 Å². The van der Waals surface area contributed by atoms with Gasteiger partial charge in [0.2, 0.25) is 10.0 Å². The van der Waals surface area contributed by atoms with Gasteiger partial charge in [-0.3, -0.25) is 9.59 Å². The van der Waals surface area contributed by atoms with E-state index in [0.717, 1.165) is 0 Å². The third kappa shape index (κ3) is 6.17. The molecule has 1 fully saturated rings. The number of aliphatic hydroxyl groups excluding tert-OH is 1. The Bertz CT molecular complexity index is 1570. The van der Waals surface area contributed by atoms with Crippen molar-refractivity contribution < 1.29 is 27.8 Å². The highest BCUT2D eigenvalue weighted by Gasteiger charge is 2.30. The number of benzene rings is 1. The molecule has 0 bridgehead atoms. The van der Waals surface area contributed by atoms with Crippen LogP contribution in [0.2, 0.25) is 0 Å². The zero-order valence-electron chi connectivity index (χ0n) is 24.3. The smallest absolute Gasteiger partial charge is 0.308 e. The van der Waals surface area contributed by atoms with Gasteiger partial charge in [-0.25, -0.2) is 12.9 Å². The van der Waals surface area contributed by atoms with E-state index in [1.165, 1.54) is 21.0 Å². The summed E-state index contributed by atoms with van der Waals surface area (Å²) in [6.45, 7) is 9.71. The van der Waals surface area contributed by atoms with Crippen LogP contribution in [0.3, 0.4) is 0 Å². The van der Waals surface area contributed by atoms with Crippen molar-refractivity contribution in [3.63, 3.8) is 0 Å². The predicted octanol–water partition coefficient (Wildman–Crippen LogP) is 2.27. The minimum Gasteiger partial charge on any atom is -0.493 e. The molecule has 41 heavy (non-hydrogen) atoms. The number of hydrogen-bond acceptors (Lipinski definition) is 9. The normalized spacial score (nSPS) is 15.8. The number of carbonyl (C=O) groups excluding carboxylic acids is 1. The topological polar surface area (TPSA) is 147 Å². The second-order valence-electron chi connectivity index (χ2n) is 10.1. The Morgan fingerprint density at radius 3 is 2.49 bits per heavy atom. The molecule has 0 amide bonds. The first kappa shape index (κ1) is 30.7. The maximum atomic E-state index is 13.5. The molecular formula is C28H39N5O7S. The van der Waals surface area contributed by atoms with Crippen molar-refractivity contribution in [1.29, 1.82) is 0 Å². The summed E-state index contributed by atoms with van der Waals surface area (Å²) in [6, 6.07) is 4.56. The molecule has 13 heteroatoms. The molecule has 224 valence electrons. The van der Waals surface area contributed by atoms with Crippen LogP contribution in [0.4, 0.5) is 0 Å². The summed E-state index contributed by atoms with van der Waals surface area (Å²) in [5.41, 5.74) is 1.68. The minimum atomic E-state index is -3.80. The molecule has 0 radical (unpaired) electrons. The molecular weight excluding hydrogens is 550 g/mol. The number of rotatable bonds is 11. The SMILES string of the molecule is CCCc1c(C(O)CC(=O)OCC)c(C)c2c(=O)[nH]c(-c3cc(S(=O)(=O)N4CCN(C)CC4)ccc3OCC)nn12. The number of ether oxygens (including phenoxy) is 2. The molecule has 2 N–H and O–H groups in total. The summed E-state index contributed by atoms with van der Waals surface area (Å²) in [7, 11) is -1.85. The summed E-state index contributed by atoms with van der Waals surface area (Å²) in [4.78, 5) is 30.6. The van der Waals surface area contributed by atoms with Gasteiger partial charge in [0.05, 0.1) is 36.2 Å². The highest BCUT2D eigenvalue weighted by atomic mass is 32.2.